The van der Waals surface area contributed by atoms with E-state index >= 15 is 0 Å². The number of carbonyl (C=O) groups excluding carboxylic acids is 1. The summed E-state index contributed by atoms with van der Waals surface area (Å²) in [5, 5.41) is 9.01. The summed E-state index contributed by atoms with van der Waals surface area (Å²) in [7, 11) is 0. The molecule has 88 valence electrons. The van der Waals surface area contributed by atoms with Crippen molar-refractivity contribution in [3.63, 3.8) is 0 Å². The number of aliphatic carboxylic acids is 1. The number of carbonyl (C=O) groups is 2. The summed E-state index contributed by atoms with van der Waals surface area (Å²) in [6, 6.07) is 0. The fourth-order valence-corrected chi connectivity index (χ4v) is 1.68. The van der Waals surface area contributed by atoms with Gasteiger partial charge in [-0.3, -0.25) is 9.59 Å². The monoisotopic (exact) mass is 214 g/mol. The number of Topliss-reactive ketones (excluding diaryl/α,β-unsaturated/α-hetero) is 1. The third-order valence-corrected chi connectivity index (χ3v) is 2.46. The highest BCUT2D eigenvalue weighted by molar-refractivity contribution is 5.98. The number of carboxylic acids is 1. The van der Waals surface area contributed by atoms with E-state index in [2.05, 4.69) is 6.92 Å². The Morgan fingerprint density at radius 1 is 1.20 bits per heavy atom. The normalized spacial score (nSPS) is 13.6. The highest BCUT2D eigenvalue weighted by Gasteiger charge is 2.36. The van der Waals surface area contributed by atoms with E-state index in [9.17, 15) is 9.59 Å². The third-order valence-electron chi connectivity index (χ3n) is 2.46. The molecular weight excluding hydrogens is 192 g/mol. The molecule has 0 aliphatic rings. The first-order chi connectivity index (χ1) is 6.80. The number of rotatable bonds is 6. The van der Waals surface area contributed by atoms with E-state index in [0.29, 0.717) is 6.42 Å². The van der Waals surface area contributed by atoms with Crippen LogP contribution in [0, 0.1) is 11.3 Å². The van der Waals surface area contributed by atoms with Gasteiger partial charge in [0.1, 0.15) is 11.7 Å². The van der Waals surface area contributed by atoms with Crippen molar-refractivity contribution in [2.75, 3.05) is 0 Å². The van der Waals surface area contributed by atoms with Gasteiger partial charge in [0.25, 0.3) is 0 Å². The summed E-state index contributed by atoms with van der Waals surface area (Å²) >= 11 is 0. The zero-order valence-corrected chi connectivity index (χ0v) is 10.2. The number of hydrogen-bond donors (Lipinski definition) is 1. The van der Waals surface area contributed by atoms with E-state index in [1.165, 1.54) is 0 Å². The Balaban J connectivity index is 4.39. The first-order valence-corrected chi connectivity index (χ1v) is 5.56. The molecule has 0 aliphatic carbocycles. The van der Waals surface area contributed by atoms with E-state index in [1.54, 1.807) is 20.8 Å². The van der Waals surface area contributed by atoms with Crippen LogP contribution >= 0.6 is 0 Å². The van der Waals surface area contributed by atoms with E-state index in [1.807, 2.05) is 0 Å². The van der Waals surface area contributed by atoms with Crippen LogP contribution in [0.1, 0.15) is 53.4 Å². The molecule has 15 heavy (non-hydrogen) atoms. The van der Waals surface area contributed by atoms with Crippen molar-refractivity contribution < 1.29 is 14.7 Å². The molecule has 3 heteroatoms. The van der Waals surface area contributed by atoms with E-state index in [-0.39, 0.29) is 5.78 Å². The van der Waals surface area contributed by atoms with Gasteiger partial charge in [0.15, 0.2) is 0 Å². The number of ketones is 1. The van der Waals surface area contributed by atoms with Crippen LogP contribution in [0.25, 0.3) is 0 Å². The summed E-state index contributed by atoms with van der Waals surface area (Å²) in [4.78, 5) is 22.7. The molecule has 0 radical (unpaired) electrons. The topological polar surface area (TPSA) is 54.4 Å². The lowest BCUT2D eigenvalue weighted by atomic mass is 9.77. The summed E-state index contributed by atoms with van der Waals surface area (Å²) in [6.07, 6.45) is 3.22. The van der Waals surface area contributed by atoms with Crippen molar-refractivity contribution in [1.29, 1.82) is 0 Å². The molecule has 0 rings (SSSR count). The fraction of sp³-hybridized carbons (Fsp3) is 0.833. The minimum atomic E-state index is -0.996. The predicted octanol–water partition coefficient (Wildman–Crippen LogP) is 2.88. The molecule has 0 bridgehead atoms. The molecule has 0 aromatic rings. The standard InChI is InChI=1S/C12H22O3/c1-5-6-7-8-9(13)10(11(14)15)12(2,3)4/h10H,5-8H2,1-4H3,(H,14,15). The third kappa shape index (κ3) is 4.96. The van der Waals surface area contributed by atoms with Gasteiger partial charge in [-0.15, -0.1) is 0 Å². The van der Waals surface area contributed by atoms with E-state index < -0.39 is 17.3 Å². The first kappa shape index (κ1) is 14.1. The average molecular weight is 214 g/mol. The molecule has 0 aliphatic heterocycles. The second-order valence-corrected chi connectivity index (χ2v) is 5.06. The maximum absolute atomic E-state index is 11.7. The van der Waals surface area contributed by atoms with Crippen LogP contribution in [0.3, 0.4) is 0 Å². The van der Waals surface area contributed by atoms with Gasteiger partial charge in [0.2, 0.25) is 0 Å². The molecule has 0 saturated carbocycles. The number of hydrogen-bond acceptors (Lipinski definition) is 2. The lowest BCUT2D eigenvalue weighted by molar-refractivity contribution is -0.150. The maximum atomic E-state index is 11.7. The van der Waals surface area contributed by atoms with Gasteiger partial charge in [-0.25, -0.2) is 0 Å². The van der Waals surface area contributed by atoms with Crippen LogP contribution in [-0.2, 0) is 9.59 Å². The molecule has 0 aromatic carbocycles. The molecule has 0 heterocycles. The lowest BCUT2D eigenvalue weighted by Crippen LogP contribution is -2.35. The maximum Gasteiger partial charge on any atom is 0.314 e. The average Bonchev–Trinajstić information content (AvgIpc) is 2.00. The summed E-state index contributed by atoms with van der Waals surface area (Å²) < 4.78 is 0. The van der Waals surface area contributed by atoms with Crippen molar-refractivity contribution in [3.8, 4) is 0 Å². The largest absolute Gasteiger partial charge is 0.481 e. The molecule has 1 N–H and O–H groups in total. The fourth-order valence-electron chi connectivity index (χ4n) is 1.68. The lowest BCUT2D eigenvalue weighted by Gasteiger charge is -2.25. The van der Waals surface area contributed by atoms with E-state index in [4.69, 9.17) is 5.11 Å². The second kappa shape index (κ2) is 5.89. The zero-order valence-electron chi connectivity index (χ0n) is 10.2. The summed E-state index contributed by atoms with van der Waals surface area (Å²) in [5.41, 5.74) is -0.491. The van der Waals surface area contributed by atoms with Crippen molar-refractivity contribution in [3.05, 3.63) is 0 Å². The SMILES string of the molecule is CCCCCC(=O)C(C(=O)O)C(C)(C)C. The summed E-state index contributed by atoms with van der Waals surface area (Å²) in [5.74, 6) is -2.00. The van der Waals surface area contributed by atoms with Gasteiger partial charge < -0.3 is 5.11 Å². The van der Waals surface area contributed by atoms with Crippen LogP contribution in [0.15, 0.2) is 0 Å². The smallest absolute Gasteiger partial charge is 0.314 e. The molecular formula is C12H22O3. The molecule has 0 aromatic heterocycles. The Morgan fingerprint density at radius 3 is 2.07 bits per heavy atom. The first-order valence-electron chi connectivity index (χ1n) is 5.56. The van der Waals surface area contributed by atoms with Gasteiger partial charge in [0.05, 0.1) is 0 Å². The van der Waals surface area contributed by atoms with Gasteiger partial charge in [-0.1, -0.05) is 40.5 Å². The highest BCUT2D eigenvalue weighted by Crippen LogP contribution is 2.28. The molecule has 0 fully saturated rings. The van der Waals surface area contributed by atoms with Crippen molar-refractivity contribution >= 4 is 11.8 Å². The predicted molar refractivity (Wildman–Crippen MR) is 59.7 cm³/mol. The zero-order chi connectivity index (χ0) is 12.1. The van der Waals surface area contributed by atoms with Crippen molar-refractivity contribution in [2.24, 2.45) is 11.3 Å². The Kier molecular flexibility index (Phi) is 5.55. The molecule has 0 spiro atoms. The van der Waals surface area contributed by atoms with Crippen LogP contribution in [0.2, 0.25) is 0 Å². The second-order valence-electron chi connectivity index (χ2n) is 5.06. The molecule has 3 nitrogen and oxygen atoms in total. The highest BCUT2D eigenvalue weighted by atomic mass is 16.4. The van der Waals surface area contributed by atoms with Crippen LogP contribution in [0.5, 0.6) is 0 Å². The molecule has 1 atom stereocenters. The Hall–Kier alpha value is -0.860. The molecule has 0 amide bonds. The quantitative estimate of drug-likeness (QED) is 0.546. The minimum Gasteiger partial charge on any atom is -0.481 e. The Morgan fingerprint density at radius 2 is 1.73 bits per heavy atom. The van der Waals surface area contributed by atoms with Gasteiger partial charge in [-0.2, -0.15) is 0 Å². The van der Waals surface area contributed by atoms with Crippen molar-refractivity contribution in [2.45, 2.75) is 53.4 Å². The van der Waals surface area contributed by atoms with Crippen LogP contribution in [0.4, 0.5) is 0 Å². The Bertz CT molecular complexity index is 226. The number of carboxylic acid groups (broad SMARTS) is 1. The minimum absolute atomic E-state index is 0.136. The number of unbranched alkanes of at least 4 members (excludes halogenated alkanes) is 2. The summed E-state index contributed by atoms with van der Waals surface area (Å²) in [6.45, 7) is 7.44. The van der Waals surface area contributed by atoms with Gasteiger partial charge in [0, 0.05) is 6.42 Å². The molecule has 0 saturated heterocycles. The van der Waals surface area contributed by atoms with Gasteiger partial charge >= 0.3 is 5.97 Å². The van der Waals surface area contributed by atoms with Crippen LogP contribution in [-0.4, -0.2) is 16.9 Å². The molecule has 1 unspecified atom stereocenters. The van der Waals surface area contributed by atoms with Crippen LogP contribution < -0.4 is 0 Å². The van der Waals surface area contributed by atoms with Crippen molar-refractivity contribution in [1.82, 2.24) is 0 Å². The van der Waals surface area contributed by atoms with E-state index in [0.717, 1.165) is 19.3 Å². The van der Waals surface area contributed by atoms with Gasteiger partial charge in [-0.05, 0) is 11.8 Å². The Labute approximate surface area is 91.9 Å².